The Balaban J connectivity index is 1.60. The van der Waals surface area contributed by atoms with Crippen molar-refractivity contribution in [2.75, 3.05) is 11.1 Å². The van der Waals surface area contributed by atoms with Crippen molar-refractivity contribution in [1.82, 2.24) is 10.2 Å². The fourth-order valence-corrected chi connectivity index (χ4v) is 3.99. The van der Waals surface area contributed by atoms with Crippen LogP contribution in [0.4, 0.5) is 10.8 Å². The van der Waals surface area contributed by atoms with Gasteiger partial charge in [-0.15, -0.1) is 10.2 Å². The largest absolute Gasteiger partial charge is 0.330 e. The maximum Gasteiger partial charge on any atom is 0.210 e. The number of carbonyl (C=O) groups is 1. The molecule has 0 saturated heterocycles. The maximum absolute atomic E-state index is 12.2. The van der Waals surface area contributed by atoms with E-state index in [2.05, 4.69) is 41.5 Å². The number of carbonyl (C=O) groups excluding carboxylic acids is 1. The molecule has 0 bridgehead atoms. The van der Waals surface area contributed by atoms with E-state index in [4.69, 9.17) is 11.6 Å². The van der Waals surface area contributed by atoms with Crippen LogP contribution in [0.1, 0.15) is 21.5 Å². The predicted molar refractivity (Wildman–Crippen MR) is 106 cm³/mol. The number of nitrogens with one attached hydrogen (secondary N) is 1. The van der Waals surface area contributed by atoms with Crippen molar-refractivity contribution in [1.29, 1.82) is 0 Å². The van der Waals surface area contributed by atoms with E-state index in [1.165, 1.54) is 34.2 Å². The van der Waals surface area contributed by atoms with Crippen molar-refractivity contribution < 1.29 is 4.79 Å². The zero-order valence-corrected chi connectivity index (χ0v) is 16.1. The van der Waals surface area contributed by atoms with E-state index in [0.717, 1.165) is 10.0 Å². The number of hydrogen-bond donors (Lipinski definition) is 1. The van der Waals surface area contributed by atoms with Crippen molar-refractivity contribution in [2.24, 2.45) is 0 Å². The first kappa shape index (κ1) is 17.9. The average Bonchev–Trinajstić information content (AvgIpc) is 3.03. The van der Waals surface area contributed by atoms with Crippen LogP contribution in [-0.2, 0) is 0 Å². The summed E-state index contributed by atoms with van der Waals surface area (Å²) in [6.45, 7) is 4.15. The van der Waals surface area contributed by atoms with Crippen molar-refractivity contribution in [2.45, 2.75) is 18.2 Å². The molecule has 25 heavy (non-hydrogen) atoms. The van der Waals surface area contributed by atoms with Crippen LogP contribution in [0.25, 0.3) is 0 Å². The molecule has 0 aliphatic rings. The van der Waals surface area contributed by atoms with Gasteiger partial charge in [-0.05, 0) is 49.2 Å². The number of anilines is 2. The first-order valence-corrected chi connectivity index (χ1v) is 9.78. The molecule has 0 radical (unpaired) electrons. The molecular weight excluding hydrogens is 374 g/mol. The van der Waals surface area contributed by atoms with Gasteiger partial charge in [0, 0.05) is 16.3 Å². The fraction of sp³-hybridized carbons (Fsp3) is 0.167. The second-order valence-electron chi connectivity index (χ2n) is 5.52. The lowest BCUT2D eigenvalue weighted by Gasteiger charge is -2.05. The minimum absolute atomic E-state index is 0.0198. The van der Waals surface area contributed by atoms with Gasteiger partial charge in [-0.25, -0.2) is 0 Å². The van der Waals surface area contributed by atoms with E-state index >= 15 is 0 Å². The number of ketones is 1. The molecule has 0 atom stereocenters. The third kappa shape index (κ3) is 4.81. The number of aryl methyl sites for hydroxylation is 2. The molecule has 1 heterocycles. The van der Waals surface area contributed by atoms with Crippen molar-refractivity contribution in [3.8, 4) is 0 Å². The topological polar surface area (TPSA) is 54.9 Å². The lowest BCUT2D eigenvalue weighted by molar-refractivity contribution is 0.102. The average molecular weight is 390 g/mol. The van der Waals surface area contributed by atoms with Crippen LogP contribution >= 0.6 is 34.7 Å². The monoisotopic (exact) mass is 389 g/mol. The maximum atomic E-state index is 12.2. The highest BCUT2D eigenvalue weighted by molar-refractivity contribution is 8.01. The summed E-state index contributed by atoms with van der Waals surface area (Å²) < 4.78 is 0.752. The minimum atomic E-state index is 0.0198. The van der Waals surface area contributed by atoms with Crippen molar-refractivity contribution in [3.63, 3.8) is 0 Å². The van der Waals surface area contributed by atoms with Gasteiger partial charge in [0.05, 0.1) is 5.75 Å². The number of benzene rings is 2. The van der Waals surface area contributed by atoms with E-state index in [1.54, 1.807) is 24.3 Å². The van der Waals surface area contributed by atoms with Crippen LogP contribution in [0.3, 0.4) is 0 Å². The lowest BCUT2D eigenvalue weighted by Crippen LogP contribution is -2.01. The van der Waals surface area contributed by atoms with E-state index in [-0.39, 0.29) is 5.78 Å². The molecule has 0 aliphatic heterocycles. The van der Waals surface area contributed by atoms with Crippen LogP contribution in [0.15, 0.2) is 46.8 Å². The number of hydrogen-bond acceptors (Lipinski definition) is 6. The standard InChI is InChI=1S/C18H16ClN3OS2/c1-11-6-7-15(8-12(11)2)20-17-21-22-18(25-17)24-10-16(23)13-4-3-5-14(19)9-13/h3-9H,10H2,1-2H3,(H,20,21). The van der Waals surface area contributed by atoms with E-state index in [0.29, 0.717) is 21.5 Å². The second kappa shape index (κ2) is 7.99. The van der Waals surface area contributed by atoms with Crippen LogP contribution < -0.4 is 5.32 Å². The smallest absolute Gasteiger partial charge is 0.210 e. The first-order valence-electron chi connectivity index (χ1n) is 7.60. The second-order valence-corrected chi connectivity index (χ2v) is 8.16. The Hall–Kier alpha value is -1.89. The SMILES string of the molecule is Cc1ccc(Nc2nnc(SCC(=O)c3cccc(Cl)c3)s2)cc1C. The summed E-state index contributed by atoms with van der Waals surface area (Å²) in [5.41, 5.74) is 4.05. The molecule has 0 fully saturated rings. The number of thioether (sulfide) groups is 1. The Morgan fingerprint density at radius 3 is 2.76 bits per heavy atom. The summed E-state index contributed by atoms with van der Waals surface area (Å²) in [4.78, 5) is 12.2. The number of nitrogens with zero attached hydrogens (tertiary/aromatic N) is 2. The Bertz CT molecular complexity index is 911. The predicted octanol–water partition coefficient (Wildman–Crippen LogP) is 5.53. The molecule has 2 aromatic carbocycles. The van der Waals surface area contributed by atoms with Gasteiger partial charge >= 0.3 is 0 Å². The zero-order valence-electron chi connectivity index (χ0n) is 13.7. The summed E-state index contributed by atoms with van der Waals surface area (Å²) in [5, 5.41) is 12.8. The molecule has 0 unspecified atom stereocenters. The number of aromatic nitrogens is 2. The molecule has 4 nitrogen and oxygen atoms in total. The highest BCUT2D eigenvalue weighted by Crippen LogP contribution is 2.28. The van der Waals surface area contributed by atoms with Gasteiger partial charge in [0.15, 0.2) is 10.1 Å². The van der Waals surface area contributed by atoms with Crippen molar-refractivity contribution >= 4 is 51.3 Å². The van der Waals surface area contributed by atoms with Gasteiger partial charge in [0.2, 0.25) is 5.13 Å². The van der Waals surface area contributed by atoms with Crippen LogP contribution in [0, 0.1) is 13.8 Å². The number of Topliss-reactive ketones (excluding diaryl/α,β-unsaturated/α-hetero) is 1. The van der Waals surface area contributed by atoms with Gasteiger partial charge in [-0.2, -0.15) is 0 Å². The van der Waals surface area contributed by atoms with E-state index < -0.39 is 0 Å². The number of halogens is 1. The Morgan fingerprint density at radius 1 is 1.16 bits per heavy atom. The molecule has 0 aliphatic carbocycles. The molecule has 3 rings (SSSR count). The van der Waals surface area contributed by atoms with Gasteiger partial charge in [-0.3, -0.25) is 4.79 Å². The van der Waals surface area contributed by atoms with E-state index in [9.17, 15) is 4.79 Å². The molecule has 1 N–H and O–H groups in total. The highest BCUT2D eigenvalue weighted by atomic mass is 35.5. The molecule has 3 aromatic rings. The molecular formula is C18H16ClN3OS2. The van der Waals surface area contributed by atoms with Gasteiger partial charge in [0.25, 0.3) is 0 Å². The Morgan fingerprint density at radius 2 is 2.00 bits per heavy atom. The molecule has 0 spiro atoms. The van der Waals surface area contributed by atoms with E-state index in [1.807, 2.05) is 6.07 Å². The highest BCUT2D eigenvalue weighted by Gasteiger charge is 2.11. The molecule has 0 amide bonds. The lowest BCUT2D eigenvalue weighted by atomic mass is 10.1. The van der Waals surface area contributed by atoms with Crippen LogP contribution in [0.2, 0.25) is 5.02 Å². The van der Waals surface area contributed by atoms with Crippen molar-refractivity contribution in [3.05, 3.63) is 64.2 Å². The Labute approximate surface area is 159 Å². The van der Waals surface area contributed by atoms with Gasteiger partial charge in [0.1, 0.15) is 0 Å². The summed E-state index contributed by atoms with van der Waals surface area (Å²) >= 11 is 8.73. The molecule has 1 aromatic heterocycles. The third-order valence-corrected chi connectivity index (χ3v) is 5.85. The summed E-state index contributed by atoms with van der Waals surface area (Å²) in [5.74, 6) is 0.324. The fourth-order valence-electron chi connectivity index (χ4n) is 2.13. The molecule has 7 heteroatoms. The van der Waals surface area contributed by atoms with Gasteiger partial charge < -0.3 is 5.32 Å². The summed E-state index contributed by atoms with van der Waals surface area (Å²) in [6.07, 6.45) is 0. The summed E-state index contributed by atoms with van der Waals surface area (Å²) in [7, 11) is 0. The van der Waals surface area contributed by atoms with Gasteiger partial charge in [-0.1, -0.05) is 52.9 Å². The minimum Gasteiger partial charge on any atom is -0.330 e. The normalized spacial score (nSPS) is 10.7. The molecule has 0 saturated carbocycles. The van der Waals surface area contributed by atoms with Crippen LogP contribution in [-0.4, -0.2) is 21.7 Å². The van der Waals surface area contributed by atoms with Crippen LogP contribution in [0.5, 0.6) is 0 Å². The third-order valence-electron chi connectivity index (χ3n) is 3.64. The first-order chi connectivity index (χ1) is 12.0. The Kier molecular flexibility index (Phi) is 5.73. The zero-order chi connectivity index (χ0) is 17.8. The molecule has 128 valence electrons. The quantitative estimate of drug-likeness (QED) is 0.444. The summed E-state index contributed by atoms with van der Waals surface area (Å²) in [6, 6.07) is 13.1. The number of rotatable bonds is 6.